The van der Waals surface area contributed by atoms with Crippen molar-refractivity contribution in [1.29, 1.82) is 5.26 Å². The van der Waals surface area contributed by atoms with E-state index in [1.54, 1.807) is 19.4 Å². The van der Waals surface area contributed by atoms with E-state index in [0.717, 1.165) is 18.8 Å². The second kappa shape index (κ2) is 6.87. The Labute approximate surface area is 103 Å². The second-order valence-corrected chi connectivity index (χ2v) is 3.96. The molecule has 0 N–H and O–H groups in total. The van der Waals surface area contributed by atoms with Gasteiger partial charge in [0.05, 0.1) is 18.2 Å². The Morgan fingerprint density at radius 2 is 2.35 bits per heavy atom. The van der Waals surface area contributed by atoms with Gasteiger partial charge in [-0.1, -0.05) is 6.92 Å². The summed E-state index contributed by atoms with van der Waals surface area (Å²) in [6.07, 6.45) is 2.71. The van der Waals surface area contributed by atoms with Gasteiger partial charge in [-0.25, -0.2) is 4.98 Å². The normalized spacial score (nSPS) is 11.9. The van der Waals surface area contributed by atoms with Crippen LogP contribution in [0.3, 0.4) is 0 Å². The highest BCUT2D eigenvalue weighted by Crippen LogP contribution is 2.16. The lowest BCUT2D eigenvalue weighted by Crippen LogP contribution is -2.36. The van der Waals surface area contributed by atoms with E-state index in [0.29, 0.717) is 18.2 Å². The smallest absolute Gasteiger partial charge is 0.130 e. The molecule has 1 heterocycles. The van der Waals surface area contributed by atoms with E-state index in [9.17, 15) is 0 Å². The molecule has 0 fully saturated rings. The molecule has 0 aliphatic rings. The molecule has 1 aromatic heterocycles. The molecule has 0 aromatic carbocycles. The first kappa shape index (κ1) is 13.5. The van der Waals surface area contributed by atoms with Crippen molar-refractivity contribution in [2.75, 3.05) is 25.2 Å². The highest BCUT2D eigenvalue weighted by atomic mass is 16.5. The highest BCUT2D eigenvalue weighted by Gasteiger charge is 2.14. The van der Waals surface area contributed by atoms with E-state index >= 15 is 0 Å². The third kappa shape index (κ3) is 3.72. The van der Waals surface area contributed by atoms with Gasteiger partial charge in [-0.15, -0.1) is 0 Å². The molecule has 1 unspecified atom stereocenters. The van der Waals surface area contributed by atoms with Gasteiger partial charge in [0.25, 0.3) is 0 Å². The summed E-state index contributed by atoms with van der Waals surface area (Å²) in [5.74, 6) is 0.843. The first-order valence-corrected chi connectivity index (χ1v) is 5.84. The molecule has 0 radical (unpaired) electrons. The van der Waals surface area contributed by atoms with Crippen molar-refractivity contribution < 1.29 is 4.74 Å². The van der Waals surface area contributed by atoms with Crippen molar-refractivity contribution in [2.24, 2.45) is 0 Å². The van der Waals surface area contributed by atoms with Gasteiger partial charge in [0.15, 0.2) is 0 Å². The molecule has 0 spiro atoms. The van der Waals surface area contributed by atoms with Crippen LogP contribution in [0.1, 0.15) is 25.8 Å². The maximum Gasteiger partial charge on any atom is 0.130 e. The number of nitriles is 1. The quantitative estimate of drug-likeness (QED) is 0.755. The average molecular weight is 233 g/mol. The summed E-state index contributed by atoms with van der Waals surface area (Å²) in [4.78, 5) is 6.50. The zero-order chi connectivity index (χ0) is 12.7. The molecule has 0 bridgehead atoms. The lowest BCUT2D eigenvalue weighted by atomic mass is 10.2. The lowest BCUT2D eigenvalue weighted by molar-refractivity contribution is 0.203. The van der Waals surface area contributed by atoms with E-state index in [1.165, 1.54) is 0 Å². The fourth-order valence-corrected chi connectivity index (χ4v) is 1.62. The van der Waals surface area contributed by atoms with Crippen LogP contribution in [-0.4, -0.2) is 31.3 Å². The van der Waals surface area contributed by atoms with Crippen molar-refractivity contribution in [3.63, 3.8) is 0 Å². The molecule has 4 nitrogen and oxygen atoms in total. The number of ether oxygens (including phenoxy) is 1. The molecule has 1 atom stereocenters. The number of anilines is 1. The Morgan fingerprint density at radius 3 is 2.94 bits per heavy atom. The second-order valence-electron chi connectivity index (χ2n) is 3.96. The zero-order valence-electron chi connectivity index (χ0n) is 10.7. The zero-order valence-corrected chi connectivity index (χ0v) is 10.7. The molecular formula is C13H19N3O. The Hall–Kier alpha value is -1.60. The van der Waals surface area contributed by atoms with Crippen LogP contribution in [0.5, 0.6) is 0 Å². The van der Waals surface area contributed by atoms with Gasteiger partial charge in [0.2, 0.25) is 0 Å². The van der Waals surface area contributed by atoms with Crippen LogP contribution in [0.4, 0.5) is 5.82 Å². The number of aromatic nitrogens is 1. The van der Waals surface area contributed by atoms with Crippen molar-refractivity contribution in [1.82, 2.24) is 4.98 Å². The standard InChI is InChI=1S/C13H19N3O/c1-4-11(2)16(7-8-17-3)13-9-12(10-14)5-6-15-13/h5-6,9,11H,4,7-8H2,1-3H3. The first-order valence-electron chi connectivity index (χ1n) is 5.84. The number of pyridine rings is 1. The van der Waals surface area contributed by atoms with Gasteiger partial charge in [0, 0.05) is 25.9 Å². The van der Waals surface area contributed by atoms with Crippen molar-refractivity contribution >= 4 is 5.82 Å². The summed E-state index contributed by atoms with van der Waals surface area (Å²) in [6, 6.07) is 6.06. The van der Waals surface area contributed by atoms with Crippen LogP contribution in [0.25, 0.3) is 0 Å². The SMILES string of the molecule is CCC(C)N(CCOC)c1cc(C#N)ccn1. The summed E-state index contributed by atoms with van der Waals surface area (Å²) < 4.78 is 5.11. The van der Waals surface area contributed by atoms with Crippen molar-refractivity contribution in [2.45, 2.75) is 26.3 Å². The molecule has 0 saturated carbocycles. The van der Waals surface area contributed by atoms with E-state index in [-0.39, 0.29) is 0 Å². The van der Waals surface area contributed by atoms with Crippen LogP contribution < -0.4 is 4.90 Å². The van der Waals surface area contributed by atoms with Crippen LogP contribution in [-0.2, 0) is 4.74 Å². The molecule has 4 heteroatoms. The topological polar surface area (TPSA) is 49.1 Å². The Balaban J connectivity index is 2.91. The molecule has 0 amide bonds. The van der Waals surface area contributed by atoms with Crippen molar-refractivity contribution in [3.05, 3.63) is 23.9 Å². The van der Waals surface area contributed by atoms with E-state index < -0.39 is 0 Å². The van der Waals surface area contributed by atoms with Gasteiger partial charge in [-0.3, -0.25) is 0 Å². The first-order chi connectivity index (χ1) is 8.22. The summed E-state index contributed by atoms with van der Waals surface area (Å²) >= 11 is 0. The number of nitrogens with zero attached hydrogens (tertiary/aromatic N) is 3. The molecule has 0 aliphatic carbocycles. The number of hydrogen-bond donors (Lipinski definition) is 0. The summed E-state index contributed by atoms with van der Waals surface area (Å²) in [7, 11) is 1.69. The van der Waals surface area contributed by atoms with E-state index in [4.69, 9.17) is 10.00 Å². The van der Waals surface area contributed by atoms with Crippen LogP contribution >= 0.6 is 0 Å². The Bertz CT molecular complexity index is 386. The van der Waals surface area contributed by atoms with Crippen LogP contribution in [0.15, 0.2) is 18.3 Å². The molecule has 1 aromatic rings. The fraction of sp³-hybridized carbons (Fsp3) is 0.538. The van der Waals surface area contributed by atoms with E-state index in [1.807, 2.05) is 6.07 Å². The molecule has 0 aliphatic heterocycles. The Morgan fingerprint density at radius 1 is 1.59 bits per heavy atom. The summed E-state index contributed by atoms with van der Waals surface area (Å²) in [6.45, 7) is 5.73. The maximum absolute atomic E-state index is 8.89. The molecule has 17 heavy (non-hydrogen) atoms. The largest absolute Gasteiger partial charge is 0.383 e. The number of hydrogen-bond acceptors (Lipinski definition) is 4. The Kier molecular flexibility index (Phi) is 5.44. The van der Waals surface area contributed by atoms with Gasteiger partial charge in [-0.05, 0) is 25.5 Å². The predicted molar refractivity (Wildman–Crippen MR) is 67.9 cm³/mol. The van der Waals surface area contributed by atoms with Crippen LogP contribution in [0, 0.1) is 11.3 Å². The molecule has 92 valence electrons. The maximum atomic E-state index is 8.89. The predicted octanol–water partition coefficient (Wildman–Crippen LogP) is 2.20. The third-order valence-corrected chi connectivity index (χ3v) is 2.83. The lowest BCUT2D eigenvalue weighted by Gasteiger charge is -2.29. The van der Waals surface area contributed by atoms with E-state index in [2.05, 4.69) is 29.8 Å². The minimum Gasteiger partial charge on any atom is -0.383 e. The molecule has 1 rings (SSSR count). The average Bonchev–Trinajstić information content (AvgIpc) is 2.39. The number of methoxy groups -OCH3 is 1. The monoisotopic (exact) mass is 233 g/mol. The minimum atomic E-state index is 0.381. The van der Waals surface area contributed by atoms with Gasteiger partial charge in [0.1, 0.15) is 5.82 Å². The fourth-order valence-electron chi connectivity index (χ4n) is 1.62. The summed E-state index contributed by atoms with van der Waals surface area (Å²) in [5, 5.41) is 8.89. The minimum absolute atomic E-state index is 0.381. The number of rotatable bonds is 6. The molecule has 0 saturated heterocycles. The van der Waals surface area contributed by atoms with Crippen LogP contribution in [0.2, 0.25) is 0 Å². The molecular weight excluding hydrogens is 214 g/mol. The van der Waals surface area contributed by atoms with Crippen molar-refractivity contribution in [3.8, 4) is 6.07 Å². The highest BCUT2D eigenvalue weighted by molar-refractivity contribution is 5.45. The van der Waals surface area contributed by atoms with Gasteiger partial charge >= 0.3 is 0 Å². The van der Waals surface area contributed by atoms with Gasteiger partial charge in [-0.2, -0.15) is 5.26 Å². The summed E-state index contributed by atoms with van der Waals surface area (Å²) in [5.41, 5.74) is 0.640. The third-order valence-electron chi connectivity index (χ3n) is 2.83. The van der Waals surface area contributed by atoms with Gasteiger partial charge < -0.3 is 9.64 Å².